The largest absolute Gasteiger partial charge is 0.429 e. The lowest BCUT2D eigenvalue weighted by molar-refractivity contribution is 0.470. The first kappa shape index (κ1) is 12.5. The summed E-state index contributed by atoms with van der Waals surface area (Å²) in [5.74, 6) is 0.749. The number of aromatic nitrogens is 2. The van der Waals surface area contributed by atoms with E-state index in [1.54, 1.807) is 0 Å². The van der Waals surface area contributed by atoms with Crippen LogP contribution in [-0.4, -0.2) is 16.7 Å². The molecule has 0 unspecified atom stereocenters. The van der Waals surface area contributed by atoms with Crippen molar-refractivity contribution in [3.05, 3.63) is 33.7 Å². The van der Waals surface area contributed by atoms with E-state index in [4.69, 9.17) is 4.74 Å². The maximum atomic E-state index is 5.64. The fourth-order valence-electron chi connectivity index (χ4n) is 1.20. The van der Waals surface area contributed by atoms with Crippen molar-refractivity contribution in [2.24, 2.45) is 0 Å². The predicted molar refractivity (Wildman–Crippen MR) is 71.5 cm³/mol. The Labute approximate surface area is 112 Å². The Balaban J connectivity index is 2.04. The summed E-state index contributed by atoms with van der Waals surface area (Å²) in [7, 11) is 0. The van der Waals surface area contributed by atoms with Gasteiger partial charge in [-0.2, -0.15) is 0 Å². The maximum Gasteiger partial charge on any atom is 0.299 e. The van der Waals surface area contributed by atoms with Gasteiger partial charge >= 0.3 is 0 Å². The van der Waals surface area contributed by atoms with Gasteiger partial charge in [0.05, 0.1) is 4.47 Å². The van der Waals surface area contributed by atoms with Crippen LogP contribution < -0.4 is 10.1 Å². The van der Waals surface area contributed by atoms with Gasteiger partial charge in [0.1, 0.15) is 10.8 Å². The molecule has 0 bridgehead atoms. The summed E-state index contributed by atoms with van der Waals surface area (Å²) in [5.41, 5.74) is 0. The number of nitrogens with one attached hydrogen (secondary N) is 1. The first-order valence-electron chi connectivity index (χ1n) is 5.25. The molecule has 0 aliphatic rings. The minimum atomic E-state index is 0.560. The van der Waals surface area contributed by atoms with Crippen molar-refractivity contribution < 1.29 is 4.74 Å². The minimum absolute atomic E-state index is 0.560. The van der Waals surface area contributed by atoms with Gasteiger partial charge in [-0.05, 0) is 34.6 Å². The van der Waals surface area contributed by atoms with Crippen molar-refractivity contribution in [2.45, 2.75) is 13.5 Å². The molecule has 0 amide bonds. The number of nitrogens with zero attached hydrogens (tertiary/aromatic N) is 2. The van der Waals surface area contributed by atoms with Crippen molar-refractivity contribution in [1.29, 1.82) is 0 Å². The number of para-hydroxylation sites is 1. The molecule has 1 aromatic carbocycles. The predicted octanol–water partition coefficient (Wildman–Crippen LogP) is 3.20. The summed E-state index contributed by atoms with van der Waals surface area (Å²) < 4.78 is 6.55. The van der Waals surface area contributed by atoms with Crippen LogP contribution in [-0.2, 0) is 6.54 Å². The zero-order valence-corrected chi connectivity index (χ0v) is 11.7. The summed E-state index contributed by atoms with van der Waals surface area (Å²) in [6.45, 7) is 3.70. The number of hydrogen-bond donors (Lipinski definition) is 1. The Morgan fingerprint density at radius 1 is 1.35 bits per heavy atom. The van der Waals surface area contributed by atoms with Gasteiger partial charge in [-0.25, -0.2) is 0 Å². The highest BCUT2D eigenvalue weighted by atomic mass is 79.9. The summed E-state index contributed by atoms with van der Waals surface area (Å²) >= 11 is 4.87. The van der Waals surface area contributed by atoms with Crippen molar-refractivity contribution in [3.8, 4) is 10.9 Å². The zero-order valence-electron chi connectivity index (χ0n) is 9.31. The van der Waals surface area contributed by atoms with Crippen LogP contribution in [0.25, 0.3) is 0 Å². The quantitative estimate of drug-likeness (QED) is 0.920. The Morgan fingerprint density at radius 3 is 2.94 bits per heavy atom. The first-order valence-corrected chi connectivity index (χ1v) is 6.86. The van der Waals surface area contributed by atoms with E-state index in [1.165, 1.54) is 11.3 Å². The maximum absolute atomic E-state index is 5.64. The van der Waals surface area contributed by atoms with Crippen LogP contribution in [0.15, 0.2) is 28.7 Å². The Bertz CT molecular complexity index is 489. The molecule has 0 aliphatic heterocycles. The van der Waals surface area contributed by atoms with Gasteiger partial charge in [0.2, 0.25) is 0 Å². The van der Waals surface area contributed by atoms with Gasteiger partial charge in [-0.15, -0.1) is 5.10 Å². The molecule has 90 valence electrons. The van der Waals surface area contributed by atoms with E-state index in [2.05, 4.69) is 38.4 Å². The van der Waals surface area contributed by atoms with E-state index in [0.717, 1.165) is 28.3 Å². The van der Waals surface area contributed by atoms with Crippen LogP contribution in [0.2, 0.25) is 0 Å². The second-order valence-corrected chi connectivity index (χ2v) is 5.15. The third kappa shape index (κ3) is 3.49. The monoisotopic (exact) mass is 313 g/mol. The Hall–Kier alpha value is -0.980. The number of rotatable bonds is 5. The lowest BCUT2D eigenvalue weighted by Gasteiger charge is -2.02. The van der Waals surface area contributed by atoms with Crippen LogP contribution in [0, 0.1) is 0 Å². The number of halogens is 1. The van der Waals surface area contributed by atoms with Crippen LogP contribution >= 0.6 is 27.3 Å². The molecule has 2 rings (SSSR count). The molecule has 4 nitrogen and oxygen atoms in total. The SMILES string of the molecule is CCNCc1nnc(Oc2ccccc2Br)s1. The van der Waals surface area contributed by atoms with Crippen molar-refractivity contribution >= 4 is 27.3 Å². The fourth-order valence-corrected chi connectivity index (χ4v) is 2.24. The second kappa shape index (κ2) is 6.09. The minimum Gasteiger partial charge on any atom is -0.429 e. The third-order valence-corrected chi connectivity index (χ3v) is 3.46. The molecule has 0 saturated carbocycles. The van der Waals surface area contributed by atoms with Crippen molar-refractivity contribution in [3.63, 3.8) is 0 Å². The van der Waals surface area contributed by atoms with Crippen LogP contribution in [0.5, 0.6) is 10.9 Å². The van der Waals surface area contributed by atoms with Crippen molar-refractivity contribution in [1.82, 2.24) is 15.5 Å². The smallest absolute Gasteiger partial charge is 0.299 e. The number of ether oxygens (including phenoxy) is 1. The molecule has 1 N–H and O–H groups in total. The summed E-state index contributed by atoms with van der Waals surface area (Å²) in [4.78, 5) is 0. The topological polar surface area (TPSA) is 47.0 Å². The molecule has 2 aromatic rings. The molecule has 0 aliphatic carbocycles. The van der Waals surface area contributed by atoms with Crippen LogP contribution in [0.4, 0.5) is 0 Å². The molecule has 6 heteroatoms. The standard InChI is InChI=1S/C11H12BrN3OS/c1-2-13-7-10-14-15-11(17-10)16-9-6-4-3-5-8(9)12/h3-6,13H,2,7H2,1H3. The van der Waals surface area contributed by atoms with Gasteiger partial charge in [0, 0.05) is 6.54 Å². The normalized spacial score (nSPS) is 10.5. The first-order chi connectivity index (χ1) is 8.29. The average Bonchev–Trinajstić information content (AvgIpc) is 2.77. The van der Waals surface area contributed by atoms with Gasteiger partial charge in [0.25, 0.3) is 5.19 Å². The summed E-state index contributed by atoms with van der Waals surface area (Å²) in [5, 5.41) is 12.7. The van der Waals surface area contributed by atoms with Gasteiger partial charge < -0.3 is 10.1 Å². The van der Waals surface area contributed by atoms with E-state index < -0.39 is 0 Å². The van der Waals surface area contributed by atoms with E-state index in [1.807, 2.05) is 24.3 Å². The molecular weight excluding hydrogens is 302 g/mol. The molecular formula is C11H12BrN3OS. The fraction of sp³-hybridized carbons (Fsp3) is 0.273. The molecule has 0 atom stereocenters. The van der Waals surface area contributed by atoms with Gasteiger partial charge in [-0.1, -0.05) is 35.5 Å². The highest BCUT2D eigenvalue weighted by Gasteiger charge is 2.07. The molecule has 0 radical (unpaired) electrons. The molecule has 1 heterocycles. The van der Waals surface area contributed by atoms with Gasteiger partial charge in [-0.3, -0.25) is 0 Å². The molecule has 0 saturated heterocycles. The van der Waals surface area contributed by atoms with E-state index in [-0.39, 0.29) is 0 Å². The Kier molecular flexibility index (Phi) is 4.47. The lowest BCUT2D eigenvalue weighted by Crippen LogP contribution is -2.11. The van der Waals surface area contributed by atoms with E-state index in [9.17, 15) is 0 Å². The summed E-state index contributed by atoms with van der Waals surface area (Å²) in [6, 6.07) is 7.67. The van der Waals surface area contributed by atoms with Crippen LogP contribution in [0.3, 0.4) is 0 Å². The molecule has 17 heavy (non-hydrogen) atoms. The third-order valence-electron chi connectivity index (χ3n) is 2.01. The second-order valence-electron chi connectivity index (χ2n) is 3.27. The molecule has 0 spiro atoms. The van der Waals surface area contributed by atoms with Crippen molar-refractivity contribution in [2.75, 3.05) is 6.54 Å². The number of benzene rings is 1. The van der Waals surface area contributed by atoms with Crippen LogP contribution in [0.1, 0.15) is 11.9 Å². The van der Waals surface area contributed by atoms with E-state index in [0.29, 0.717) is 5.19 Å². The highest BCUT2D eigenvalue weighted by molar-refractivity contribution is 9.10. The summed E-state index contributed by atoms with van der Waals surface area (Å²) in [6.07, 6.45) is 0. The van der Waals surface area contributed by atoms with Gasteiger partial charge in [0.15, 0.2) is 0 Å². The zero-order chi connectivity index (χ0) is 12.1. The molecule has 0 fully saturated rings. The lowest BCUT2D eigenvalue weighted by atomic mass is 10.3. The van der Waals surface area contributed by atoms with E-state index >= 15 is 0 Å². The molecule has 1 aromatic heterocycles. The Morgan fingerprint density at radius 2 is 2.18 bits per heavy atom. The average molecular weight is 314 g/mol. The number of hydrogen-bond acceptors (Lipinski definition) is 5. The highest BCUT2D eigenvalue weighted by Crippen LogP contribution is 2.30.